The number of fused-ring (bicyclic) bond motifs is 1. The molecule has 3 aromatic heterocycles. The first kappa shape index (κ1) is 17.0. The average molecular weight is 357 g/mol. The van der Waals surface area contributed by atoms with Crippen molar-refractivity contribution in [2.75, 3.05) is 7.11 Å². The minimum atomic E-state index is 0.0249. The van der Waals surface area contributed by atoms with Gasteiger partial charge in [0, 0.05) is 41.7 Å². The summed E-state index contributed by atoms with van der Waals surface area (Å²) >= 11 is 0. The fourth-order valence-electron chi connectivity index (χ4n) is 3.11. The highest BCUT2D eigenvalue weighted by molar-refractivity contribution is 5.97. The summed E-state index contributed by atoms with van der Waals surface area (Å²) in [5, 5.41) is 1.12. The minimum absolute atomic E-state index is 0.0249. The molecule has 0 unspecified atom stereocenters. The zero-order chi connectivity index (χ0) is 18.6. The van der Waals surface area contributed by atoms with E-state index in [0.29, 0.717) is 11.3 Å². The molecule has 5 heteroatoms. The molecular weight excluding hydrogens is 338 g/mol. The number of carbonyl (C=O) groups is 1. The number of hydrogen-bond donors (Lipinski definition) is 1. The third kappa shape index (κ3) is 3.72. The predicted molar refractivity (Wildman–Crippen MR) is 104 cm³/mol. The summed E-state index contributed by atoms with van der Waals surface area (Å²) in [5.41, 5.74) is 4.55. The van der Waals surface area contributed by atoms with Crippen LogP contribution < -0.4 is 4.74 Å². The van der Waals surface area contributed by atoms with Gasteiger partial charge in [0.1, 0.15) is 11.4 Å². The van der Waals surface area contributed by atoms with Crippen molar-refractivity contribution in [1.29, 1.82) is 0 Å². The summed E-state index contributed by atoms with van der Waals surface area (Å²) < 4.78 is 5.18. The van der Waals surface area contributed by atoms with Gasteiger partial charge in [0.25, 0.3) is 0 Å². The van der Waals surface area contributed by atoms with Crippen molar-refractivity contribution in [3.63, 3.8) is 0 Å². The summed E-state index contributed by atoms with van der Waals surface area (Å²) in [4.78, 5) is 24.4. The number of nitrogens with one attached hydrogen (secondary N) is 1. The van der Waals surface area contributed by atoms with E-state index >= 15 is 0 Å². The molecule has 0 saturated carbocycles. The van der Waals surface area contributed by atoms with Gasteiger partial charge in [-0.1, -0.05) is 18.2 Å². The van der Waals surface area contributed by atoms with Gasteiger partial charge in [0.05, 0.1) is 13.5 Å². The molecule has 5 nitrogen and oxygen atoms in total. The number of carbonyl (C=O) groups excluding carboxylic acids is 1. The molecule has 0 radical (unpaired) electrons. The molecule has 0 atom stereocenters. The van der Waals surface area contributed by atoms with Gasteiger partial charge in [-0.2, -0.15) is 0 Å². The van der Waals surface area contributed by atoms with Crippen LogP contribution in [0.2, 0.25) is 0 Å². The number of aromatic nitrogens is 3. The quantitative estimate of drug-likeness (QED) is 0.530. The largest absolute Gasteiger partial charge is 0.497 e. The number of nitrogens with zero attached hydrogens (tertiary/aromatic N) is 2. The number of hydrogen-bond acceptors (Lipinski definition) is 4. The van der Waals surface area contributed by atoms with Crippen LogP contribution in [0.3, 0.4) is 0 Å². The Morgan fingerprint density at radius 1 is 1.11 bits per heavy atom. The minimum Gasteiger partial charge on any atom is -0.497 e. The van der Waals surface area contributed by atoms with Crippen LogP contribution in [-0.2, 0) is 12.8 Å². The van der Waals surface area contributed by atoms with Crippen LogP contribution in [0.25, 0.3) is 11.0 Å². The summed E-state index contributed by atoms with van der Waals surface area (Å²) in [6.45, 7) is 0. The molecule has 27 heavy (non-hydrogen) atoms. The third-order valence-corrected chi connectivity index (χ3v) is 4.55. The van der Waals surface area contributed by atoms with Crippen LogP contribution >= 0.6 is 0 Å². The van der Waals surface area contributed by atoms with E-state index in [9.17, 15) is 4.79 Å². The van der Waals surface area contributed by atoms with E-state index in [1.807, 2.05) is 42.7 Å². The third-order valence-electron chi connectivity index (χ3n) is 4.55. The Hall–Kier alpha value is -3.47. The Balaban J connectivity index is 1.46. The second-order valence-electron chi connectivity index (χ2n) is 6.38. The Bertz CT molecular complexity index is 1080. The van der Waals surface area contributed by atoms with Crippen LogP contribution in [0.5, 0.6) is 5.75 Å². The van der Waals surface area contributed by atoms with Crippen molar-refractivity contribution in [3.05, 3.63) is 89.5 Å². The van der Waals surface area contributed by atoms with Crippen molar-refractivity contribution >= 4 is 16.8 Å². The zero-order valence-electron chi connectivity index (χ0n) is 15.0. The normalized spacial score (nSPS) is 10.9. The molecule has 0 bridgehead atoms. The molecule has 0 aliphatic heterocycles. The Labute approximate surface area is 157 Å². The van der Waals surface area contributed by atoms with Gasteiger partial charge in [0.2, 0.25) is 0 Å². The lowest BCUT2D eigenvalue weighted by atomic mass is 10.0. The zero-order valence-corrected chi connectivity index (χ0v) is 15.0. The van der Waals surface area contributed by atoms with E-state index < -0.39 is 0 Å². The van der Waals surface area contributed by atoms with Gasteiger partial charge < -0.3 is 9.72 Å². The fraction of sp³-hybridized carbons (Fsp3) is 0.136. The monoisotopic (exact) mass is 357 g/mol. The number of Topliss-reactive ketones (excluding diaryl/α,β-unsaturated/α-hetero) is 1. The van der Waals surface area contributed by atoms with E-state index in [1.165, 1.54) is 5.56 Å². The van der Waals surface area contributed by atoms with Gasteiger partial charge in [-0.15, -0.1) is 0 Å². The molecular formula is C22H19N3O2. The highest BCUT2D eigenvalue weighted by Gasteiger charge is 2.10. The van der Waals surface area contributed by atoms with E-state index in [-0.39, 0.29) is 12.2 Å². The first-order chi connectivity index (χ1) is 13.2. The molecule has 0 amide bonds. The van der Waals surface area contributed by atoms with Gasteiger partial charge in [-0.3, -0.25) is 9.78 Å². The van der Waals surface area contributed by atoms with Crippen molar-refractivity contribution in [1.82, 2.24) is 15.0 Å². The lowest BCUT2D eigenvalue weighted by molar-refractivity contribution is 0.0991. The van der Waals surface area contributed by atoms with Crippen molar-refractivity contribution in [2.24, 2.45) is 0 Å². The molecule has 1 aromatic carbocycles. The maximum Gasteiger partial charge on any atom is 0.168 e. The van der Waals surface area contributed by atoms with E-state index in [0.717, 1.165) is 28.7 Å². The first-order valence-electron chi connectivity index (χ1n) is 8.75. The second kappa shape index (κ2) is 7.41. The summed E-state index contributed by atoms with van der Waals surface area (Å²) in [7, 11) is 1.59. The number of methoxy groups -OCH3 is 1. The van der Waals surface area contributed by atoms with Crippen LogP contribution in [0.1, 0.15) is 27.2 Å². The average Bonchev–Trinajstić information content (AvgIpc) is 3.12. The number of rotatable bonds is 6. The van der Waals surface area contributed by atoms with E-state index in [1.54, 1.807) is 25.4 Å². The molecule has 0 saturated heterocycles. The van der Waals surface area contributed by atoms with E-state index in [2.05, 4.69) is 21.0 Å². The standard InChI is InChI=1S/C22H19N3O2/c1-27-19-5-2-4-16(11-19)21(26)12-18-8-7-15(13-24-18)10-17-14-25-22-20(17)6-3-9-23-22/h2-9,11,13-14H,10,12H2,1H3,(H,23,25). The topological polar surface area (TPSA) is 67.9 Å². The van der Waals surface area contributed by atoms with Gasteiger partial charge in [-0.05, 0) is 41.5 Å². The number of benzene rings is 1. The number of ether oxygens (including phenoxy) is 1. The van der Waals surface area contributed by atoms with Gasteiger partial charge in [-0.25, -0.2) is 4.98 Å². The molecule has 0 aliphatic rings. The lowest BCUT2D eigenvalue weighted by Gasteiger charge is -2.05. The molecule has 0 spiro atoms. The summed E-state index contributed by atoms with van der Waals surface area (Å²) in [6.07, 6.45) is 6.63. The smallest absolute Gasteiger partial charge is 0.168 e. The highest BCUT2D eigenvalue weighted by Crippen LogP contribution is 2.19. The number of pyridine rings is 2. The van der Waals surface area contributed by atoms with Gasteiger partial charge in [0.15, 0.2) is 5.78 Å². The predicted octanol–water partition coefficient (Wildman–Crippen LogP) is 3.98. The highest BCUT2D eigenvalue weighted by atomic mass is 16.5. The first-order valence-corrected chi connectivity index (χ1v) is 8.75. The number of aromatic amines is 1. The second-order valence-corrected chi connectivity index (χ2v) is 6.38. The Morgan fingerprint density at radius 2 is 2.04 bits per heavy atom. The maximum atomic E-state index is 12.5. The molecule has 3 heterocycles. The van der Waals surface area contributed by atoms with Crippen LogP contribution in [0.4, 0.5) is 0 Å². The maximum absolute atomic E-state index is 12.5. The van der Waals surface area contributed by atoms with Crippen LogP contribution in [0, 0.1) is 0 Å². The lowest BCUT2D eigenvalue weighted by Crippen LogP contribution is -2.05. The van der Waals surface area contributed by atoms with Crippen LogP contribution in [-0.4, -0.2) is 27.8 Å². The molecule has 0 aliphatic carbocycles. The molecule has 4 aromatic rings. The molecule has 0 fully saturated rings. The Kier molecular flexibility index (Phi) is 4.66. The van der Waals surface area contributed by atoms with Crippen molar-refractivity contribution < 1.29 is 9.53 Å². The number of H-pyrrole nitrogens is 1. The van der Waals surface area contributed by atoms with E-state index in [4.69, 9.17) is 4.74 Å². The molecule has 134 valence electrons. The van der Waals surface area contributed by atoms with Crippen molar-refractivity contribution in [3.8, 4) is 5.75 Å². The summed E-state index contributed by atoms with van der Waals surface area (Å²) in [5.74, 6) is 0.703. The molecule has 4 rings (SSSR count). The van der Waals surface area contributed by atoms with Crippen LogP contribution in [0.15, 0.2) is 67.1 Å². The van der Waals surface area contributed by atoms with Gasteiger partial charge >= 0.3 is 0 Å². The SMILES string of the molecule is COc1cccc(C(=O)Cc2ccc(Cc3c[nH]c4ncccc34)cn2)c1. The summed E-state index contributed by atoms with van der Waals surface area (Å²) in [6, 6.07) is 15.1. The molecule has 1 N–H and O–H groups in total. The Morgan fingerprint density at radius 3 is 2.85 bits per heavy atom. The fourth-order valence-corrected chi connectivity index (χ4v) is 3.11. The van der Waals surface area contributed by atoms with Crippen molar-refractivity contribution in [2.45, 2.75) is 12.8 Å². The number of ketones is 1.